The molecule has 202 valence electrons. The Kier molecular flexibility index (Phi) is 8.31. The molecule has 2 aliphatic heterocycles. The number of Topliss-reactive ketones (excluding diaryl/α,β-unsaturated/α-hetero) is 1. The minimum atomic E-state index is -0.722. The molecule has 1 N–H and O–H groups in total. The third-order valence-corrected chi connectivity index (χ3v) is 7.35. The number of amides is 1. The van der Waals surface area contributed by atoms with Crippen molar-refractivity contribution in [3.05, 3.63) is 106 Å². The van der Waals surface area contributed by atoms with Gasteiger partial charge >= 0.3 is 0 Å². The summed E-state index contributed by atoms with van der Waals surface area (Å²) in [4.78, 5) is 30.3. The number of hydrogen-bond donors (Lipinski definition) is 1. The van der Waals surface area contributed by atoms with Crippen LogP contribution in [-0.4, -0.2) is 66.0 Å². The molecule has 2 saturated heterocycles. The molecule has 2 aliphatic rings. The summed E-state index contributed by atoms with van der Waals surface area (Å²) in [7, 11) is 0. The molecule has 1 atom stereocenters. The molecule has 0 saturated carbocycles. The zero-order valence-electron chi connectivity index (χ0n) is 21.8. The lowest BCUT2D eigenvalue weighted by Gasteiger charge is -2.31. The van der Waals surface area contributed by atoms with Crippen LogP contribution in [0.3, 0.4) is 0 Å². The maximum atomic E-state index is 13.3. The van der Waals surface area contributed by atoms with E-state index in [1.54, 1.807) is 53.4 Å². The molecule has 3 aromatic carbocycles. The van der Waals surface area contributed by atoms with Gasteiger partial charge in [-0.2, -0.15) is 0 Å². The minimum Gasteiger partial charge on any atom is -0.507 e. The van der Waals surface area contributed by atoms with Crippen LogP contribution in [-0.2, 0) is 20.9 Å². The highest BCUT2D eigenvalue weighted by molar-refractivity contribution is 6.46. The summed E-state index contributed by atoms with van der Waals surface area (Å²) in [5.74, 6) is -0.905. The lowest BCUT2D eigenvalue weighted by Crippen LogP contribution is -2.42. The second-order valence-corrected chi connectivity index (χ2v) is 10.2. The van der Waals surface area contributed by atoms with E-state index in [0.29, 0.717) is 54.8 Å². The van der Waals surface area contributed by atoms with E-state index in [1.165, 1.54) is 0 Å². The van der Waals surface area contributed by atoms with Gasteiger partial charge in [0.15, 0.2) is 0 Å². The van der Waals surface area contributed by atoms with E-state index in [1.807, 2.05) is 25.1 Å². The van der Waals surface area contributed by atoms with Crippen molar-refractivity contribution in [1.82, 2.24) is 9.80 Å². The van der Waals surface area contributed by atoms with Crippen LogP contribution in [0.25, 0.3) is 5.76 Å². The first-order valence-corrected chi connectivity index (χ1v) is 13.4. The highest BCUT2D eigenvalue weighted by Gasteiger charge is 2.46. The van der Waals surface area contributed by atoms with Gasteiger partial charge in [0.2, 0.25) is 0 Å². The van der Waals surface area contributed by atoms with Crippen molar-refractivity contribution < 1.29 is 24.2 Å². The first kappa shape index (κ1) is 26.9. The quantitative estimate of drug-likeness (QED) is 0.244. The summed E-state index contributed by atoms with van der Waals surface area (Å²) in [6, 6.07) is 21.3. The normalized spacial score (nSPS) is 19.4. The Hall–Kier alpha value is -3.65. The van der Waals surface area contributed by atoms with Gasteiger partial charge in [-0.1, -0.05) is 53.6 Å². The Bertz CT molecular complexity index is 1360. The van der Waals surface area contributed by atoms with Gasteiger partial charge in [-0.25, -0.2) is 0 Å². The predicted octanol–water partition coefficient (Wildman–Crippen LogP) is 4.98. The second kappa shape index (κ2) is 12.0. The Morgan fingerprint density at radius 3 is 2.41 bits per heavy atom. The Morgan fingerprint density at radius 2 is 1.72 bits per heavy atom. The third kappa shape index (κ3) is 6.17. The van der Waals surface area contributed by atoms with Crippen molar-refractivity contribution in [1.29, 1.82) is 0 Å². The number of ketones is 1. The van der Waals surface area contributed by atoms with Crippen molar-refractivity contribution in [2.24, 2.45) is 0 Å². The van der Waals surface area contributed by atoms with Gasteiger partial charge in [-0.3, -0.25) is 14.5 Å². The lowest BCUT2D eigenvalue weighted by atomic mass is 9.95. The third-order valence-electron chi connectivity index (χ3n) is 7.10. The van der Waals surface area contributed by atoms with E-state index in [9.17, 15) is 14.7 Å². The molecule has 1 amide bonds. The lowest BCUT2D eigenvalue weighted by molar-refractivity contribution is -0.140. The maximum absolute atomic E-state index is 13.3. The summed E-state index contributed by atoms with van der Waals surface area (Å²) in [6.07, 6.45) is 0. The largest absolute Gasteiger partial charge is 0.507 e. The molecule has 0 spiro atoms. The van der Waals surface area contributed by atoms with Gasteiger partial charge in [0, 0.05) is 36.8 Å². The van der Waals surface area contributed by atoms with Crippen molar-refractivity contribution >= 4 is 29.1 Å². The van der Waals surface area contributed by atoms with Gasteiger partial charge in [0.1, 0.15) is 18.1 Å². The van der Waals surface area contributed by atoms with E-state index in [4.69, 9.17) is 21.1 Å². The minimum absolute atomic E-state index is 0.0673. The molecule has 0 bridgehead atoms. The summed E-state index contributed by atoms with van der Waals surface area (Å²) in [5, 5.41) is 11.9. The van der Waals surface area contributed by atoms with Gasteiger partial charge < -0.3 is 19.5 Å². The molecule has 0 radical (unpaired) electrons. The molecule has 0 unspecified atom stereocenters. The number of morpholine rings is 1. The molecule has 3 aromatic rings. The number of nitrogens with zero attached hydrogens (tertiary/aromatic N) is 2. The number of aliphatic hydroxyl groups excluding tert-OH is 1. The summed E-state index contributed by atoms with van der Waals surface area (Å²) in [5.41, 5.74) is 3.43. The average molecular weight is 547 g/mol. The van der Waals surface area contributed by atoms with Crippen LogP contribution in [0.5, 0.6) is 5.75 Å². The standard InChI is InChI=1S/C31H31ClN2O5/c1-21-3-2-4-22(19-21)20-39-26-11-7-24(8-12-26)29(35)27-28(23-5-9-25(32)10-6-23)34(31(37)30(27)36)14-13-33-15-17-38-18-16-33/h2-12,19,28,35H,13-18,20H2,1H3/t28-/m0/s1. The van der Waals surface area contributed by atoms with E-state index < -0.39 is 17.7 Å². The van der Waals surface area contributed by atoms with Crippen molar-refractivity contribution in [3.8, 4) is 5.75 Å². The number of carbonyl (C=O) groups is 2. The van der Waals surface area contributed by atoms with E-state index >= 15 is 0 Å². The fraction of sp³-hybridized carbons (Fsp3) is 0.290. The van der Waals surface area contributed by atoms with Crippen molar-refractivity contribution in [3.63, 3.8) is 0 Å². The van der Waals surface area contributed by atoms with Crippen LogP contribution in [0.15, 0.2) is 78.4 Å². The molecule has 0 aliphatic carbocycles. The zero-order chi connectivity index (χ0) is 27.4. The molecular formula is C31H31ClN2O5. The smallest absolute Gasteiger partial charge is 0.295 e. The number of halogens is 1. The molecule has 39 heavy (non-hydrogen) atoms. The number of likely N-dealkylation sites (tertiary alicyclic amines) is 1. The second-order valence-electron chi connectivity index (χ2n) is 9.80. The number of aliphatic hydroxyl groups is 1. The van der Waals surface area contributed by atoms with Crippen molar-refractivity contribution in [2.45, 2.75) is 19.6 Å². The molecular weight excluding hydrogens is 516 g/mol. The summed E-state index contributed by atoms with van der Waals surface area (Å²) in [6.45, 7) is 6.23. The monoisotopic (exact) mass is 546 g/mol. The summed E-state index contributed by atoms with van der Waals surface area (Å²) >= 11 is 6.12. The van der Waals surface area contributed by atoms with E-state index in [2.05, 4.69) is 11.0 Å². The van der Waals surface area contributed by atoms with E-state index in [-0.39, 0.29) is 11.3 Å². The molecule has 7 nitrogen and oxygen atoms in total. The van der Waals surface area contributed by atoms with E-state index in [0.717, 1.165) is 24.2 Å². The topological polar surface area (TPSA) is 79.3 Å². The van der Waals surface area contributed by atoms with Gasteiger partial charge in [0.05, 0.1) is 24.8 Å². The molecule has 2 heterocycles. The number of aryl methyl sites for hydroxylation is 1. The highest BCUT2D eigenvalue weighted by atomic mass is 35.5. The highest BCUT2D eigenvalue weighted by Crippen LogP contribution is 2.39. The average Bonchev–Trinajstić information content (AvgIpc) is 3.21. The SMILES string of the molecule is Cc1cccc(COc2ccc(C(O)=C3C(=O)C(=O)N(CCN4CCOCC4)[C@H]3c3ccc(Cl)cc3)cc2)c1. The summed E-state index contributed by atoms with van der Waals surface area (Å²) < 4.78 is 11.3. The first-order chi connectivity index (χ1) is 18.9. The molecule has 8 heteroatoms. The van der Waals surface area contributed by atoms with Gasteiger partial charge in [0.25, 0.3) is 11.7 Å². The van der Waals surface area contributed by atoms with Crippen LogP contribution < -0.4 is 4.74 Å². The number of ether oxygens (including phenoxy) is 2. The Labute approximate surface area is 233 Å². The van der Waals surface area contributed by atoms with Crippen LogP contribution in [0.1, 0.15) is 28.3 Å². The molecule has 2 fully saturated rings. The fourth-order valence-electron chi connectivity index (χ4n) is 5.01. The maximum Gasteiger partial charge on any atom is 0.295 e. The number of hydrogen-bond acceptors (Lipinski definition) is 6. The van der Waals surface area contributed by atoms with Gasteiger partial charge in [-0.15, -0.1) is 0 Å². The van der Waals surface area contributed by atoms with Crippen LogP contribution in [0.4, 0.5) is 0 Å². The first-order valence-electron chi connectivity index (χ1n) is 13.0. The van der Waals surface area contributed by atoms with Crippen LogP contribution >= 0.6 is 11.6 Å². The molecule has 0 aromatic heterocycles. The zero-order valence-corrected chi connectivity index (χ0v) is 22.6. The number of rotatable bonds is 8. The number of benzene rings is 3. The van der Waals surface area contributed by atoms with Gasteiger partial charge in [-0.05, 0) is 54.4 Å². The number of carbonyl (C=O) groups excluding carboxylic acids is 2. The predicted molar refractivity (Wildman–Crippen MR) is 150 cm³/mol. The van der Waals surface area contributed by atoms with Crippen LogP contribution in [0, 0.1) is 6.92 Å². The molecule has 5 rings (SSSR count). The van der Waals surface area contributed by atoms with Crippen LogP contribution in [0.2, 0.25) is 5.02 Å². The fourth-order valence-corrected chi connectivity index (χ4v) is 5.14. The van der Waals surface area contributed by atoms with Crippen molar-refractivity contribution in [2.75, 3.05) is 39.4 Å². The Balaban J connectivity index is 1.41. The Morgan fingerprint density at radius 1 is 1.00 bits per heavy atom.